The summed E-state index contributed by atoms with van der Waals surface area (Å²) in [6.07, 6.45) is -4.42. The van der Waals surface area contributed by atoms with Crippen LogP contribution in [-0.2, 0) is 9.59 Å². The van der Waals surface area contributed by atoms with E-state index in [1.165, 1.54) is 21.6 Å². The summed E-state index contributed by atoms with van der Waals surface area (Å²) in [4.78, 5) is 27.8. The first-order valence-electron chi connectivity index (χ1n) is 8.70. The maximum atomic E-state index is 13.4. The Morgan fingerprint density at radius 1 is 1.22 bits per heavy atom. The van der Waals surface area contributed by atoms with E-state index in [4.69, 9.17) is 0 Å². The first kappa shape index (κ1) is 24.3. The highest BCUT2D eigenvalue weighted by atomic mass is 35.5. The SMILES string of the molecule is CC(C)(C)C(=O)N1CSCC1C(=O)NCC(N1CCNCC1)C(F)(F)F.Cl. The van der Waals surface area contributed by atoms with Gasteiger partial charge in [-0.15, -0.1) is 24.2 Å². The molecule has 2 atom stereocenters. The molecule has 2 saturated heterocycles. The second kappa shape index (κ2) is 9.67. The van der Waals surface area contributed by atoms with Gasteiger partial charge in [0.2, 0.25) is 11.8 Å². The zero-order chi connectivity index (χ0) is 19.5. The van der Waals surface area contributed by atoms with Gasteiger partial charge in [0.1, 0.15) is 12.1 Å². The molecule has 2 fully saturated rings. The van der Waals surface area contributed by atoms with Gasteiger partial charge in [-0.2, -0.15) is 13.2 Å². The average Bonchev–Trinajstić information content (AvgIpc) is 3.02. The predicted molar refractivity (Wildman–Crippen MR) is 102 cm³/mol. The highest BCUT2D eigenvalue weighted by Crippen LogP contribution is 2.28. The number of alkyl halides is 3. The van der Waals surface area contributed by atoms with Gasteiger partial charge in [-0.1, -0.05) is 20.8 Å². The third kappa shape index (κ3) is 6.40. The minimum absolute atomic E-state index is 0. The second-order valence-electron chi connectivity index (χ2n) is 7.63. The van der Waals surface area contributed by atoms with Crippen LogP contribution in [0.2, 0.25) is 0 Å². The van der Waals surface area contributed by atoms with E-state index in [0.717, 1.165) is 0 Å². The average molecular weight is 433 g/mol. The maximum absolute atomic E-state index is 13.4. The van der Waals surface area contributed by atoms with Crippen molar-refractivity contribution in [1.29, 1.82) is 0 Å². The number of amides is 2. The number of thioether (sulfide) groups is 1. The van der Waals surface area contributed by atoms with E-state index in [-0.39, 0.29) is 31.4 Å². The molecule has 0 bridgehead atoms. The fraction of sp³-hybridized carbons (Fsp3) is 0.875. The zero-order valence-electron chi connectivity index (χ0n) is 15.8. The Morgan fingerprint density at radius 2 is 1.81 bits per heavy atom. The van der Waals surface area contributed by atoms with Gasteiger partial charge in [-0.25, -0.2) is 0 Å². The molecular weight excluding hydrogens is 405 g/mol. The van der Waals surface area contributed by atoms with Crippen molar-refractivity contribution in [2.75, 3.05) is 44.4 Å². The van der Waals surface area contributed by atoms with Crippen LogP contribution in [0.1, 0.15) is 20.8 Å². The van der Waals surface area contributed by atoms with Gasteiger partial charge < -0.3 is 15.5 Å². The topological polar surface area (TPSA) is 64.7 Å². The van der Waals surface area contributed by atoms with Gasteiger partial charge >= 0.3 is 6.18 Å². The third-order valence-corrected chi connectivity index (χ3v) is 5.54. The lowest BCUT2D eigenvalue weighted by atomic mass is 9.94. The number of piperazine rings is 1. The molecule has 0 spiro atoms. The Hall–Kier alpha value is -0.710. The Labute approximate surface area is 168 Å². The van der Waals surface area contributed by atoms with Crippen molar-refractivity contribution < 1.29 is 22.8 Å². The van der Waals surface area contributed by atoms with Crippen LogP contribution in [0, 0.1) is 5.41 Å². The number of nitrogens with zero attached hydrogens (tertiary/aromatic N) is 2. The number of hydrogen-bond acceptors (Lipinski definition) is 5. The van der Waals surface area contributed by atoms with Crippen molar-refractivity contribution in [3.05, 3.63) is 0 Å². The van der Waals surface area contributed by atoms with E-state index in [2.05, 4.69) is 10.6 Å². The third-order valence-electron chi connectivity index (χ3n) is 4.53. The fourth-order valence-corrected chi connectivity index (χ4v) is 4.21. The van der Waals surface area contributed by atoms with Crippen molar-refractivity contribution in [3.63, 3.8) is 0 Å². The van der Waals surface area contributed by atoms with Gasteiger partial charge in [0, 0.05) is 43.9 Å². The van der Waals surface area contributed by atoms with Gasteiger partial charge in [0.05, 0.1) is 5.88 Å². The summed E-state index contributed by atoms with van der Waals surface area (Å²) in [6, 6.07) is -2.43. The minimum atomic E-state index is -4.42. The molecule has 0 aromatic rings. The largest absolute Gasteiger partial charge is 0.405 e. The van der Waals surface area contributed by atoms with E-state index < -0.39 is 36.1 Å². The van der Waals surface area contributed by atoms with Crippen LogP contribution >= 0.6 is 24.2 Å². The van der Waals surface area contributed by atoms with Crippen LogP contribution in [0.15, 0.2) is 0 Å². The van der Waals surface area contributed by atoms with Crippen LogP contribution in [0.5, 0.6) is 0 Å². The lowest BCUT2D eigenvalue weighted by Gasteiger charge is -2.36. The van der Waals surface area contributed by atoms with Gasteiger partial charge in [0.25, 0.3) is 0 Å². The number of halogens is 4. The summed E-state index contributed by atoms with van der Waals surface area (Å²) in [6.45, 7) is 6.34. The Bertz CT molecular complexity index is 525. The monoisotopic (exact) mass is 432 g/mol. The van der Waals surface area contributed by atoms with Gasteiger partial charge in [0.15, 0.2) is 0 Å². The van der Waals surface area contributed by atoms with Crippen LogP contribution < -0.4 is 10.6 Å². The smallest absolute Gasteiger partial charge is 0.352 e. The maximum Gasteiger partial charge on any atom is 0.405 e. The van der Waals surface area contributed by atoms with Gasteiger partial charge in [-0.05, 0) is 0 Å². The molecule has 0 aromatic carbocycles. The Kier molecular flexibility index (Phi) is 8.71. The lowest BCUT2D eigenvalue weighted by molar-refractivity contribution is -0.184. The zero-order valence-corrected chi connectivity index (χ0v) is 17.4. The summed E-state index contributed by atoms with van der Waals surface area (Å²) in [5.41, 5.74) is -0.640. The molecule has 0 saturated carbocycles. The van der Waals surface area contributed by atoms with E-state index >= 15 is 0 Å². The second-order valence-corrected chi connectivity index (χ2v) is 8.63. The standard InChI is InChI=1S/C16H27F3N4O2S.ClH/c1-15(2,3)14(25)23-10-26-9-11(23)13(24)21-8-12(16(17,18)19)22-6-4-20-5-7-22;/h11-12,20H,4-10H2,1-3H3,(H,21,24);1H. The van der Waals surface area contributed by atoms with Crippen molar-refractivity contribution in [3.8, 4) is 0 Å². The summed E-state index contributed by atoms with van der Waals surface area (Å²) in [7, 11) is 0. The molecule has 0 aromatic heterocycles. The Morgan fingerprint density at radius 3 is 2.33 bits per heavy atom. The van der Waals surface area contributed by atoms with Crippen molar-refractivity contribution in [2.45, 2.75) is 39.0 Å². The molecule has 2 aliphatic rings. The van der Waals surface area contributed by atoms with E-state index in [9.17, 15) is 22.8 Å². The normalized spacial score (nSPS) is 22.9. The molecule has 0 radical (unpaired) electrons. The summed E-state index contributed by atoms with van der Waals surface area (Å²) in [5.74, 6) is 0.0984. The molecule has 2 unspecified atom stereocenters. The van der Waals surface area contributed by atoms with Crippen LogP contribution in [0.25, 0.3) is 0 Å². The quantitative estimate of drug-likeness (QED) is 0.701. The number of rotatable bonds is 4. The molecule has 6 nitrogen and oxygen atoms in total. The molecular formula is C16H28ClF3N4O2S. The van der Waals surface area contributed by atoms with E-state index in [1.807, 2.05) is 0 Å². The van der Waals surface area contributed by atoms with E-state index in [0.29, 0.717) is 24.7 Å². The van der Waals surface area contributed by atoms with Crippen LogP contribution in [0.4, 0.5) is 13.2 Å². The summed E-state index contributed by atoms with van der Waals surface area (Å²) >= 11 is 1.43. The first-order chi connectivity index (χ1) is 12.0. The first-order valence-corrected chi connectivity index (χ1v) is 9.85. The minimum Gasteiger partial charge on any atom is -0.352 e. The molecule has 2 aliphatic heterocycles. The number of carbonyl (C=O) groups is 2. The molecule has 2 heterocycles. The highest BCUT2D eigenvalue weighted by molar-refractivity contribution is 7.99. The molecule has 2 N–H and O–H groups in total. The molecule has 158 valence electrons. The number of carbonyl (C=O) groups excluding carboxylic acids is 2. The van der Waals surface area contributed by atoms with Crippen molar-refractivity contribution >= 4 is 36.0 Å². The fourth-order valence-electron chi connectivity index (χ4n) is 3.05. The summed E-state index contributed by atoms with van der Waals surface area (Å²) < 4.78 is 40.2. The molecule has 0 aliphatic carbocycles. The molecule has 2 amide bonds. The number of hydrogen-bond donors (Lipinski definition) is 2. The van der Waals surface area contributed by atoms with Crippen molar-refractivity contribution in [2.24, 2.45) is 5.41 Å². The van der Waals surface area contributed by atoms with Crippen LogP contribution in [0.3, 0.4) is 0 Å². The molecule has 2 rings (SSSR count). The Balaban J connectivity index is 0.00000364. The highest BCUT2D eigenvalue weighted by Gasteiger charge is 2.45. The summed E-state index contributed by atoms with van der Waals surface area (Å²) in [5, 5.41) is 5.46. The number of nitrogens with one attached hydrogen (secondary N) is 2. The van der Waals surface area contributed by atoms with E-state index in [1.54, 1.807) is 20.8 Å². The predicted octanol–water partition coefficient (Wildman–Crippen LogP) is 1.31. The molecule has 11 heteroatoms. The van der Waals surface area contributed by atoms with Gasteiger partial charge in [-0.3, -0.25) is 14.5 Å². The lowest BCUT2D eigenvalue weighted by Crippen LogP contribution is -2.59. The molecule has 27 heavy (non-hydrogen) atoms. The van der Waals surface area contributed by atoms with Crippen molar-refractivity contribution in [1.82, 2.24) is 20.4 Å². The van der Waals surface area contributed by atoms with Crippen LogP contribution in [-0.4, -0.2) is 84.2 Å².